The number of likely N-dealkylation sites (N-methyl/N-ethyl adjacent to an activating group) is 1. The molecule has 1 aromatic heterocycles. The van der Waals surface area contributed by atoms with Crippen LogP contribution in [0.15, 0.2) is 23.5 Å². The van der Waals surface area contributed by atoms with Crippen molar-refractivity contribution in [2.75, 3.05) is 33.2 Å². The summed E-state index contributed by atoms with van der Waals surface area (Å²) in [5.74, 6) is 0.0291. The molecule has 0 atom stereocenters. The number of oxime groups is 1. The van der Waals surface area contributed by atoms with Crippen LogP contribution in [-0.2, 0) is 6.54 Å². The number of nitrogens with zero attached hydrogens (tertiary/aromatic N) is 4. The maximum absolute atomic E-state index is 8.63. The van der Waals surface area contributed by atoms with Crippen molar-refractivity contribution in [2.45, 2.75) is 6.54 Å². The van der Waals surface area contributed by atoms with E-state index in [1.165, 1.54) is 0 Å². The number of rotatable bonds is 4. The lowest BCUT2D eigenvalue weighted by molar-refractivity contribution is 0.102. The van der Waals surface area contributed by atoms with Gasteiger partial charge in [-0.3, -0.25) is 10.4 Å². The molecule has 4 N–H and O–H groups in total. The van der Waals surface area contributed by atoms with Crippen molar-refractivity contribution in [3.8, 4) is 0 Å². The van der Waals surface area contributed by atoms with Gasteiger partial charge in [0.15, 0.2) is 5.84 Å². The van der Waals surface area contributed by atoms with Gasteiger partial charge in [-0.25, -0.2) is 5.01 Å². The molecule has 104 valence electrons. The molecule has 0 radical (unpaired) electrons. The van der Waals surface area contributed by atoms with Crippen LogP contribution in [0.25, 0.3) is 0 Å². The van der Waals surface area contributed by atoms with Gasteiger partial charge in [-0.1, -0.05) is 5.16 Å². The molecule has 1 aliphatic rings. The van der Waals surface area contributed by atoms with E-state index in [4.69, 9.17) is 10.9 Å². The standard InChI is InChI=1S/C12H20N6O/c1-17-4-6-18(7-5-17)15-9-10-2-3-14-11(8-10)12(13)16-19/h2-3,8,15,19H,4-7,9H2,1H3,(H2,13,16). The zero-order valence-electron chi connectivity index (χ0n) is 11.1. The number of hydrogen-bond donors (Lipinski definition) is 3. The first-order chi connectivity index (χ1) is 9.19. The third-order valence-corrected chi connectivity index (χ3v) is 3.20. The Morgan fingerprint density at radius 3 is 2.89 bits per heavy atom. The van der Waals surface area contributed by atoms with Crippen molar-refractivity contribution in [3.05, 3.63) is 29.6 Å². The van der Waals surface area contributed by atoms with E-state index < -0.39 is 0 Å². The molecule has 0 bridgehead atoms. The average molecular weight is 264 g/mol. The van der Waals surface area contributed by atoms with Crippen molar-refractivity contribution in [2.24, 2.45) is 10.9 Å². The first-order valence-electron chi connectivity index (χ1n) is 6.29. The van der Waals surface area contributed by atoms with Gasteiger partial charge in [0, 0.05) is 38.9 Å². The van der Waals surface area contributed by atoms with Crippen molar-refractivity contribution >= 4 is 5.84 Å². The zero-order chi connectivity index (χ0) is 13.7. The first-order valence-corrected chi connectivity index (χ1v) is 6.29. The SMILES string of the molecule is CN1CCN(NCc2ccnc(/C(N)=N/O)c2)CC1. The van der Waals surface area contributed by atoms with Crippen molar-refractivity contribution in [3.63, 3.8) is 0 Å². The highest BCUT2D eigenvalue weighted by molar-refractivity contribution is 5.95. The molecule has 1 aliphatic heterocycles. The van der Waals surface area contributed by atoms with Crippen LogP contribution in [0.1, 0.15) is 11.3 Å². The lowest BCUT2D eigenvalue weighted by Gasteiger charge is -2.32. The summed E-state index contributed by atoms with van der Waals surface area (Å²) >= 11 is 0. The molecule has 7 heteroatoms. The summed E-state index contributed by atoms with van der Waals surface area (Å²) in [5, 5.41) is 13.8. The summed E-state index contributed by atoms with van der Waals surface area (Å²) in [5.41, 5.74) is 10.4. The minimum Gasteiger partial charge on any atom is -0.409 e. The number of nitrogens with one attached hydrogen (secondary N) is 1. The number of piperazine rings is 1. The van der Waals surface area contributed by atoms with E-state index in [2.05, 4.69) is 32.5 Å². The second-order valence-electron chi connectivity index (χ2n) is 4.66. The number of amidine groups is 1. The van der Waals surface area contributed by atoms with Gasteiger partial charge in [0.2, 0.25) is 0 Å². The Kier molecular flexibility index (Phi) is 4.67. The highest BCUT2D eigenvalue weighted by Crippen LogP contribution is 2.03. The van der Waals surface area contributed by atoms with Crippen LogP contribution in [0.2, 0.25) is 0 Å². The molecule has 1 fully saturated rings. The highest BCUT2D eigenvalue weighted by atomic mass is 16.4. The van der Waals surface area contributed by atoms with Crippen molar-refractivity contribution in [1.82, 2.24) is 20.3 Å². The van der Waals surface area contributed by atoms with Crippen molar-refractivity contribution in [1.29, 1.82) is 0 Å². The molecule has 0 amide bonds. The Labute approximate surface area is 112 Å². The second-order valence-corrected chi connectivity index (χ2v) is 4.66. The summed E-state index contributed by atoms with van der Waals surface area (Å²) in [4.78, 5) is 6.36. The van der Waals surface area contributed by atoms with Crippen LogP contribution in [0.5, 0.6) is 0 Å². The lowest BCUT2D eigenvalue weighted by Crippen LogP contribution is -2.50. The molecule has 2 heterocycles. The summed E-state index contributed by atoms with van der Waals surface area (Å²) in [6.07, 6.45) is 1.66. The molecule has 1 saturated heterocycles. The summed E-state index contributed by atoms with van der Waals surface area (Å²) in [6, 6.07) is 3.73. The van der Waals surface area contributed by atoms with Gasteiger partial charge in [0.25, 0.3) is 0 Å². The Balaban J connectivity index is 1.89. The normalized spacial score (nSPS) is 18.7. The van der Waals surface area contributed by atoms with Gasteiger partial charge < -0.3 is 15.8 Å². The predicted molar refractivity (Wildman–Crippen MR) is 72.7 cm³/mol. The van der Waals surface area contributed by atoms with Gasteiger partial charge in [-0.2, -0.15) is 0 Å². The number of pyridine rings is 1. The monoisotopic (exact) mass is 264 g/mol. The molecule has 7 nitrogen and oxygen atoms in total. The number of nitrogens with two attached hydrogens (primary N) is 1. The van der Waals surface area contributed by atoms with Crippen LogP contribution in [0.4, 0.5) is 0 Å². The van der Waals surface area contributed by atoms with Crippen LogP contribution in [-0.4, -0.2) is 59.2 Å². The smallest absolute Gasteiger partial charge is 0.188 e. The van der Waals surface area contributed by atoms with E-state index in [9.17, 15) is 0 Å². The molecule has 0 saturated carbocycles. The molecular formula is C12H20N6O. The third kappa shape index (κ3) is 3.88. The minimum absolute atomic E-state index is 0.0291. The van der Waals surface area contributed by atoms with E-state index >= 15 is 0 Å². The fourth-order valence-corrected chi connectivity index (χ4v) is 1.94. The van der Waals surface area contributed by atoms with E-state index in [1.54, 1.807) is 6.20 Å². The van der Waals surface area contributed by atoms with Gasteiger partial charge in [0.05, 0.1) is 0 Å². The molecule has 1 aromatic rings. The van der Waals surface area contributed by atoms with Crippen LogP contribution >= 0.6 is 0 Å². The maximum atomic E-state index is 8.63. The zero-order valence-corrected chi connectivity index (χ0v) is 11.1. The van der Waals surface area contributed by atoms with Crippen molar-refractivity contribution < 1.29 is 5.21 Å². The number of hydrazine groups is 1. The largest absolute Gasteiger partial charge is 0.409 e. The Hall–Kier alpha value is -1.70. The summed E-state index contributed by atoms with van der Waals surface area (Å²) < 4.78 is 0. The fraction of sp³-hybridized carbons (Fsp3) is 0.500. The molecule has 0 aromatic carbocycles. The Morgan fingerprint density at radius 2 is 2.21 bits per heavy atom. The van der Waals surface area contributed by atoms with Crippen LogP contribution in [0.3, 0.4) is 0 Å². The average Bonchev–Trinajstić information content (AvgIpc) is 2.46. The Bertz CT molecular complexity index is 442. The van der Waals surface area contributed by atoms with E-state index in [0.29, 0.717) is 12.2 Å². The van der Waals surface area contributed by atoms with E-state index in [-0.39, 0.29) is 5.84 Å². The lowest BCUT2D eigenvalue weighted by atomic mass is 10.2. The third-order valence-electron chi connectivity index (χ3n) is 3.20. The topological polar surface area (TPSA) is 90.0 Å². The molecular weight excluding hydrogens is 244 g/mol. The molecule has 0 aliphatic carbocycles. The quantitative estimate of drug-likeness (QED) is 0.292. The van der Waals surface area contributed by atoms with Crippen LogP contribution in [0, 0.1) is 0 Å². The van der Waals surface area contributed by atoms with E-state index in [1.807, 2.05) is 12.1 Å². The molecule has 2 rings (SSSR count). The molecule has 0 unspecified atom stereocenters. The van der Waals surface area contributed by atoms with Gasteiger partial charge in [-0.15, -0.1) is 0 Å². The molecule has 0 spiro atoms. The highest BCUT2D eigenvalue weighted by Gasteiger charge is 2.13. The first kappa shape index (κ1) is 13.7. The second kappa shape index (κ2) is 6.46. The molecule has 19 heavy (non-hydrogen) atoms. The van der Waals surface area contributed by atoms with Crippen LogP contribution < -0.4 is 11.2 Å². The summed E-state index contributed by atoms with van der Waals surface area (Å²) in [7, 11) is 2.13. The Morgan fingerprint density at radius 1 is 1.47 bits per heavy atom. The maximum Gasteiger partial charge on any atom is 0.188 e. The van der Waals surface area contributed by atoms with E-state index in [0.717, 1.165) is 31.7 Å². The number of aromatic nitrogens is 1. The fourth-order valence-electron chi connectivity index (χ4n) is 1.94. The number of hydrogen-bond acceptors (Lipinski definition) is 6. The summed E-state index contributed by atoms with van der Waals surface area (Å²) in [6.45, 7) is 4.86. The van der Waals surface area contributed by atoms with Gasteiger partial charge in [-0.05, 0) is 24.7 Å². The van der Waals surface area contributed by atoms with Gasteiger partial charge >= 0.3 is 0 Å². The predicted octanol–water partition coefficient (Wildman–Crippen LogP) is -0.572. The minimum atomic E-state index is 0.0291. The van der Waals surface area contributed by atoms with Gasteiger partial charge in [0.1, 0.15) is 5.69 Å².